The van der Waals surface area contributed by atoms with Gasteiger partial charge in [0.15, 0.2) is 5.96 Å². The maximum atomic E-state index is 9.09. The first kappa shape index (κ1) is 27.3. The first-order valence-electron chi connectivity index (χ1n) is 11.4. The minimum Gasteiger partial charge on any atom is -0.343 e. The van der Waals surface area contributed by atoms with Crippen molar-refractivity contribution in [2.45, 2.75) is 109 Å². The van der Waals surface area contributed by atoms with Crippen molar-refractivity contribution in [1.82, 2.24) is 9.80 Å². The Kier molecular flexibility index (Phi) is 10.1. The molecule has 28 heavy (non-hydrogen) atoms. The van der Waals surface area contributed by atoms with Crippen LogP contribution in [0.15, 0.2) is 0 Å². The lowest BCUT2D eigenvalue weighted by molar-refractivity contribution is 0.216. The Balaban J connectivity index is 5.35. The molecule has 0 radical (unpaired) electrons. The van der Waals surface area contributed by atoms with Crippen molar-refractivity contribution in [2.75, 3.05) is 26.2 Å². The normalized spacial score (nSPS) is 13.6. The van der Waals surface area contributed by atoms with Crippen LogP contribution in [0.2, 0.25) is 0 Å². The van der Waals surface area contributed by atoms with Crippen LogP contribution in [0.1, 0.15) is 109 Å². The number of nitrogens with one attached hydrogen (secondary N) is 1. The number of guanidine groups is 1. The van der Waals surface area contributed by atoms with E-state index >= 15 is 0 Å². The van der Waals surface area contributed by atoms with Gasteiger partial charge in [0.05, 0.1) is 0 Å². The highest BCUT2D eigenvalue weighted by Crippen LogP contribution is 2.25. The number of nitrogens with zero attached hydrogens (tertiary/aromatic N) is 2. The summed E-state index contributed by atoms with van der Waals surface area (Å²) < 4.78 is 0. The third kappa shape index (κ3) is 15.2. The monoisotopic (exact) mass is 395 g/mol. The lowest BCUT2D eigenvalue weighted by Crippen LogP contribution is -2.47. The first-order valence-corrected chi connectivity index (χ1v) is 11.4. The molecule has 0 aliphatic heterocycles. The van der Waals surface area contributed by atoms with E-state index in [1.54, 1.807) is 0 Å². The Hall–Kier alpha value is -0.730. The van der Waals surface area contributed by atoms with E-state index in [2.05, 4.69) is 92.9 Å². The van der Waals surface area contributed by atoms with Crippen LogP contribution >= 0.6 is 0 Å². The molecule has 0 saturated heterocycles. The zero-order valence-corrected chi connectivity index (χ0v) is 21.6. The van der Waals surface area contributed by atoms with Gasteiger partial charge in [0, 0.05) is 26.2 Å². The summed E-state index contributed by atoms with van der Waals surface area (Å²) in [7, 11) is 0. The molecule has 0 aromatic carbocycles. The SMILES string of the molecule is CC(C)(C)CCN(CCC(C)(C)C)C(=N)N(CCC(C)(C)C)CCC(C)(C)C. The van der Waals surface area contributed by atoms with E-state index in [0.717, 1.165) is 57.8 Å². The Morgan fingerprint density at radius 1 is 0.464 bits per heavy atom. The number of rotatable bonds is 8. The lowest BCUT2D eigenvalue weighted by Gasteiger charge is -2.38. The van der Waals surface area contributed by atoms with Crippen LogP contribution in [0.3, 0.4) is 0 Å². The highest BCUT2D eigenvalue weighted by molar-refractivity contribution is 5.77. The summed E-state index contributed by atoms with van der Waals surface area (Å²) in [5, 5.41) is 9.09. The predicted molar refractivity (Wildman–Crippen MR) is 127 cm³/mol. The van der Waals surface area contributed by atoms with E-state index in [0.29, 0.717) is 21.7 Å². The van der Waals surface area contributed by atoms with Crippen molar-refractivity contribution < 1.29 is 0 Å². The van der Waals surface area contributed by atoms with Crippen molar-refractivity contribution in [3.05, 3.63) is 0 Å². The lowest BCUT2D eigenvalue weighted by atomic mass is 9.90. The molecule has 0 aromatic rings. The van der Waals surface area contributed by atoms with Gasteiger partial charge in [-0.15, -0.1) is 0 Å². The highest BCUT2D eigenvalue weighted by atomic mass is 15.4. The Morgan fingerprint density at radius 3 is 0.786 bits per heavy atom. The number of hydrogen-bond acceptors (Lipinski definition) is 1. The molecule has 0 spiro atoms. The second-order valence-electron chi connectivity index (χ2n) is 13.5. The smallest absolute Gasteiger partial charge is 0.193 e. The van der Waals surface area contributed by atoms with Gasteiger partial charge < -0.3 is 9.80 Å². The Labute approximate surface area is 178 Å². The van der Waals surface area contributed by atoms with E-state index in [-0.39, 0.29) is 0 Å². The van der Waals surface area contributed by atoms with Crippen LogP contribution in [0.4, 0.5) is 0 Å². The molecule has 0 amide bonds. The van der Waals surface area contributed by atoms with Crippen LogP contribution < -0.4 is 0 Å². The van der Waals surface area contributed by atoms with Crippen molar-refractivity contribution in [3.8, 4) is 0 Å². The zero-order valence-electron chi connectivity index (χ0n) is 21.6. The zero-order chi connectivity index (χ0) is 22.4. The maximum Gasteiger partial charge on any atom is 0.193 e. The topological polar surface area (TPSA) is 30.3 Å². The van der Waals surface area contributed by atoms with Gasteiger partial charge in [-0.05, 0) is 47.3 Å². The molecular weight excluding hydrogens is 342 g/mol. The molecule has 0 aromatic heterocycles. The molecule has 0 bridgehead atoms. The fourth-order valence-corrected chi connectivity index (χ4v) is 2.73. The van der Waals surface area contributed by atoms with E-state index in [1.165, 1.54) is 0 Å². The third-order valence-electron chi connectivity index (χ3n) is 5.13. The van der Waals surface area contributed by atoms with Gasteiger partial charge in [-0.2, -0.15) is 0 Å². The van der Waals surface area contributed by atoms with E-state index in [4.69, 9.17) is 5.41 Å². The van der Waals surface area contributed by atoms with Crippen molar-refractivity contribution in [3.63, 3.8) is 0 Å². The highest BCUT2D eigenvalue weighted by Gasteiger charge is 2.24. The fourth-order valence-electron chi connectivity index (χ4n) is 2.73. The molecule has 0 aliphatic rings. The molecule has 1 N–H and O–H groups in total. The van der Waals surface area contributed by atoms with Gasteiger partial charge in [-0.25, -0.2) is 0 Å². The van der Waals surface area contributed by atoms with Crippen LogP contribution in [0.5, 0.6) is 0 Å². The Bertz CT molecular complexity index is 374. The van der Waals surface area contributed by atoms with Crippen molar-refractivity contribution >= 4 is 5.96 Å². The number of hydrogen-bond donors (Lipinski definition) is 1. The van der Waals surface area contributed by atoms with Crippen LogP contribution in [-0.2, 0) is 0 Å². The average Bonchev–Trinajstić information content (AvgIpc) is 2.42. The fraction of sp³-hybridized carbons (Fsp3) is 0.960. The maximum absolute atomic E-state index is 9.09. The molecular formula is C25H53N3. The molecule has 0 heterocycles. The van der Waals surface area contributed by atoms with Gasteiger partial charge in [-0.3, -0.25) is 5.41 Å². The third-order valence-corrected chi connectivity index (χ3v) is 5.13. The summed E-state index contributed by atoms with van der Waals surface area (Å²) in [4.78, 5) is 4.70. The minimum absolute atomic E-state index is 0.294. The standard InChI is InChI=1S/C25H53N3/c1-22(2,3)13-17-27(18-14-23(4,5)6)21(26)28(19-15-24(7,8)9)20-16-25(10,11)12/h26H,13-20H2,1-12H3. The largest absolute Gasteiger partial charge is 0.343 e. The van der Waals surface area contributed by atoms with E-state index in [9.17, 15) is 0 Å². The van der Waals surface area contributed by atoms with Gasteiger partial charge in [0.25, 0.3) is 0 Å². The summed E-state index contributed by atoms with van der Waals surface area (Å²) >= 11 is 0. The Morgan fingerprint density at radius 2 is 0.643 bits per heavy atom. The predicted octanol–water partition coefficient (Wildman–Crippen LogP) is 7.27. The molecule has 0 rings (SSSR count). The van der Waals surface area contributed by atoms with E-state index < -0.39 is 0 Å². The minimum atomic E-state index is 0.294. The van der Waals surface area contributed by atoms with E-state index in [1.807, 2.05) is 0 Å². The summed E-state index contributed by atoms with van der Waals surface area (Å²) in [6.07, 6.45) is 4.47. The molecule has 168 valence electrons. The molecule has 3 nitrogen and oxygen atoms in total. The second-order valence-corrected chi connectivity index (χ2v) is 13.5. The molecule has 3 heteroatoms. The second kappa shape index (κ2) is 10.3. The van der Waals surface area contributed by atoms with Crippen LogP contribution in [0, 0.1) is 27.1 Å². The summed E-state index contributed by atoms with van der Waals surface area (Å²) in [5.41, 5.74) is 1.17. The van der Waals surface area contributed by atoms with Crippen LogP contribution in [-0.4, -0.2) is 41.9 Å². The summed E-state index contributed by atoms with van der Waals surface area (Å²) in [6.45, 7) is 31.5. The van der Waals surface area contributed by atoms with Gasteiger partial charge in [0.1, 0.15) is 0 Å². The molecule has 0 fully saturated rings. The molecule has 0 atom stereocenters. The van der Waals surface area contributed by atoms with Crippen molar-refractivity contribution in [2.24, 2.45) is 21.7 Å². The quantitative estimate of drug-likeness (QED) is 0.346. The summed E-state index contributed by atoms with van der Waals surface area (Å²) in [5.74, 6) is 0.738. The average molecular weight is 396 g/mol. The molecule has 0 unspecified atom stereocenters. The first-order chi connectivity index (χ1) is 12.3. The van der Waals surface area contributed by atoms with Crippen LogP contribution in [0.25, 0.3) is 0 Å². The van der Waals surface area contributed by atoms with Gasteiger partial charge in [-0.1, -0.05) is 83.1 Å². The van der Waals surface area contributed by atoms with Crippen molar-refractivity contribution in [1.29, 1.82) is 5.41 Å². The van der Waals surface area contributed by atoms with Gasteiger partial charge in [0.2, 0.25) is 0 Å². The summed E-state index contributed by atoms with van der Waals surface area (Å²) in [6, 6.07) is 0. The van der Waals surface area contributed by atoms with Gasteiger partial charge >= 0.3 is 0 Å². The molecule has 0 aliphatic carbocycles. The molecule has 0 saturated carbocycles.